The van der Waals surface area contributed by atoms with Gasteiger partial charge < -0.3 is 0 Å². The van der Waals surface area contributed by atoms with Crippen LogP contribution in [-0.2, 0) is 0 Å². The molecule has 0 fully saturated rings. The third kappa shape index (κ3) is 2.31. The molecule has 2 rings (SSSR count). The topological polar surface area (TPSA) is 40.9 Å². The first-order chi connectivity index (χ1) is 8.65. The van der Waals surface area contributed by atoms with Crippen LogP contribution >= 0.6 is 22.9 Å². The van der Waals surface area contributed by atoms with Gasteiger partial charge in [0.2, 0.25) is 0 Å². The highest BCUT2D eigenvalue weighted by Gasteiger charge is 2.24. The second-order valence-corrected chi connectivity index (χ2v) is 5.24. The molecule has 0 N–H and O–H groups in total. The van der Waals surface area contributed by atoms with E-state index in [0.717, 1.165) is 10.4 Å². The zero-order chi connectivity index (χ0) is 13.1. The van der Waals surface area contributed by atoms with Crippen LogP contribution in [0.25, 0.3) is 0 Å². The summed E-state index contributed by atoms with van der Waals surface area (Å²) in [5.74, 6) is -1.02. The van der Waals surface area contributed by atoms with Gasteiger partial charge >= 0.3 is 0 Å². The smallest absolute Gasteiger partial charge is 0.186 e. The van der Waals surface area contributed by atoms with Gasteiger partial charge in [-0.15, -0.1) is 11.3 Å². The lowest BCUT2D eigenvalue weighted by Crippen LogP contribution is -2.11. The lowest BCUT2D eigenvalue weighted by atomic mass is 9.96. The van der Waals surface area contributed by atoms with Crippen LogP contribution in [0.5, 0.6) is 0 Å². The van der Waals surface area contributed by atoms with Crippen LogP contribution in [0.3, 0.4) is 0 Å². The Morgan fingerprint density at radius 1 is 1.39 bits per heavy atom. The average molecular weight is 276 g/mol. The van der Waals surface area contributed by atoms with Crippen LogP contribution in [0.1, 0.15) is 26.7 Å². The minimum atomic E-state index is -0.774. The van der Waals surface area contributed by atoms with E-state index in [4.69, 9.17) is 11.6 Å². The van der Waals surface area contributed by atoms with Crippen molar-refractivity contribution in [3.05, 3.63) is 56.7 Å². The van der Waals surface area contributed by atoms with Crippen LogP contribution in [0.2, 0.25) is 5.02 Å². The van der Waals surface area contributed by atoms with E-state index in [-0.39, 0.29) is 5.78 Å². The SMILES string of the molecule is Cc1cccc(C(=O)C(C#N)c2cccs2)c1Cl. The number of nitrogens with zero attached hydrogens (tertiary/aromatic N) is 1. The van der Waals surface area contributed by atoms with Gasteiger partial charge in [-0.2, -0.15) is 5.26 Å². The fourth-order valence-corrected chi connectivity index (χ4v) is 2.69. The Bertz CT molecular complexity index is 613. The molecule has 2 nitrogen and oxygen atoms in total. The van der Waals surface area contributed by atoms with E-state index in [0.29, 0.717) is 10.6 Å². The molecule has 1 unspecified atom stereocenters. The normalized spacial score (nSPS) is 11.8. The van der Waals surface area contributed by atoms with Gasteiger partial charge in [0, 0.05) is 10.4 Å². The molecule has 0 saturated heterocycles. The molecule has 90 valence electrons. The van der Waals surface area contributed by atoms with E-state index < -0.39 is 5.92 Å². The van der Waals surface area contributed by atoms with Gasteiger partial charge in [-0.25, -0.2) is 0 Å². The van der Waals surface area contributed by atoms with Crippen molar-refractivity contribution in [3.8, 4) is 6.07 Å². The third-order valence-corrected chi connectivity index (χ3v) is 4.12. The summed E-state index contributed by atoms with van der Waals surface area (Å²) in [6, 6.07) is 10.9. The maximum Gasteiger partial charge on any atom is 0.186 e. The Kier molecular flexibility index (Phi) is 3.81. The number of benzene rings is 1. The standard InChI is InChI=1S/C14H10ClNOS/c1-9-4-2-5-10(13(9)15)14(17)11(8-16)12-6-3-7-18-12/h2-7,11H,1H3. The molecular weight excluding hydrogens is 266 g/mol. The van der Waals surface area contributed by atoms with Gasteiger partial charge in [-0.1, -0.05) is 29.8 Å². The molecule has 2 aromatic rings. The monoisotopic (exact) mass is 275 g/mol. The predicted octanol–water partition coefficient (Wildman–Crippen LogP) is 4.20. The zero-order valence-electron chi connectivity index (χ0n) is 9.68. The molecule has 18 heavy (non-hydrogen) atoms. The number of halogens is 1. The first-order valence-electron chi connectivity index (χ1n) is 5.37. The van der Waals surface area contributed by atoms with Gasteiger partial charge in [0.05, 0.1) is 11.1 Å². The van der Waals surface area contributed by atoms with Gasteiger partial charge in [0.15, 0.2) is 5.78 Å². The maximum atomic E-state index is 12.3. The molecule has 4 heteroatoms. The highest BCUT2D eigenvalue weighted by atomic mass is 35.5. The minimum absolute atomic E-state index is 0.242. The van der Waals surface area contributed by atoms with E-state index >= 15 is 0 Å². The van der Waals surface area contributed by atoms with Crippen LogP contribution in [-0.4, -0.2) is 5.78 Å². The zero-order valence-corrected chi connectivity index (χ0v) is 11.3. The summed E-state index contributed by atoms with van der Waals surface area (Å²) in [6.45, 7) is 1.84. The van der Waals surface area contributed by atoms with Crippen molar-refractivity contribution in [2.24, 2.45) is 0 Å². The van der Waals surface area contributed by atoms with Crippen molar-refractivity contribution in [2.45, 2.75) is 12.8 Å². The Balaban J connectivity index is 2.42. The Morgan fingerprint density at radius 3 is 2.78 bits per heavy atom. The van der Waals surface area contributed by atoms with Gasteiger partial charge in [0.1, 0.15) is 5.92 Å². The van der Waals surface area contributed by atoms with Crippen LogP contribution < -0.4 is 0 Å². The van der Waals surface area contributed by atoms with Crippen molar-refractivity contribution >= 4 is 28.7 Å². The molecule has 0 aliphatic rings. The molecule has 1 aromatic heterocycles. The molecule has 0 spiro atoms. The van der Waals surface area contributed by atoms with Crippen LogP contribution in [0.4, 0.5) is 0 Å². The molecule has 0 radical (unpaired) electrons. The van der Waals surface area contributed by atoms with E-state index in [1.807, 2.05) is 24.4 Å². The lowest BCUT2D eigenvalue weighted by Gasteiger charge is -2.09. The highest BCUT2D eigenvalue weighted by Crippen LogP contribution is 2.29. The van der Waals surface area contributed by atoms with E-state index in [1.165, 1.54) is 11.3 Å². The number of carbonyl (C=O) groups excluding carboxylic acids is 1. The first kappa shape index (κ1) is 12.8. The Hall–Kier alpha value is -1.63. The number of thiophene rings is 1. The fraction of sp³-hybridized carbons (Fsp3) is 0.143. The number of hydrogen-bond acceptors (Lipinski definition) is 3. The second-order valence-electron chi connectivity index (χ2n) is 3.88. The number of rotatable bonds is 3. The van der Waals surface area contributed by atoms with Crippen LogP contribution in [0.15, 0.2) is 35.7 Å². The number of carbonyl (C=O) groups is 1. The molecular formula is C14H10ClNOS. The minimum Gasteiger partial charge on any atom is -0.292 e. The molecule has 0 aliphatic carbocycles. The summed E-state index contributed by atoms with van der Waals surface area (Å²) < 4.78 is 0. The fourth-order valence-electron chi connectivity index (χ4n) is 1.70. The molecule has 0 bridgehead atoms. The summed E-state index contributed by atoms with van der Waals surface area (Å²) in [5.41, 5.74) is 1.25. The quantitative estimate of drug-likeness (QED) is 0.788. The molecule has 1 atom stereocenters. The molecule has 1 heterocycles. The van der Waals surface area contributed by atoms with Gasteiger partial charge in [0.25, 0.3) is 0 Å². The Labute approximate surface area is 114 Å². The predicted molar refractivity (Wildman–Crippen MR) is 73.2 cm³/mol. The molecule has 0 saturated carbocycles. The summed E-state index contributed by atoms with van der Waals surface area (Å²) in [7, 11) is 0. The molecule has 0 amide bonds. The van der Waals surface area contributed by atoms with Crippen molar-refractivity contribution in [3.63, 3.8) is 0 Å². The van der Waals surface area contributed by atoms with E-state index in [2.05, 4.69) is 6.07 Å². The average Bonchev–Trinajstić information content (AvgIpc) is 2.87. The third-order valence-electron chi connectivity index (χ3n) is 2.68. The van der Waals surface area contributed by atoms with Gasteiger partial charge in [-0.05, 0) is 30.0 Å². The lowest BCUT2D eigenvalue weighted by molar-refractivity contribution is 0.0980. The van der Waals surface area contributed by atoms with E-state index in [1.54, 1.807) is 18.2 Å². The van der Waals surface area contributed by atoms with Gasteiger partial charge in [-0.3, -0.25) is 4.79 Å². The van der Waals surface area contributed by atoms with Crippen molar-refractivity contribution in [1.29, 1.82) is 5.26 Å². The van der Waals surface area contributed by atoms with Crippen LogP contribution in [0, 0.1) is 18.3 Å². The summed E-state index contributed by atoms with van der Waals surface area (Å²) >= 11 is 7.53. The molecule has 0 aliphatic heterocycles. The van der Waals surface area contributed by atoms with Crippen molar-refractivity contribution < 1.29 is 4.79 Å². The number of Topliss-reactive ketones (excluding diaryl/α,β-unsaturated/α-hetero) is 1. The second kappa shape index (κ2) is 5.34. The number of nitriles is 1. The molecule has 1 aromatic carbocycles. The number of hydrogen-bond donors (Lipinski definition) is 0. The number of aryl methyl sites for hydroxylation is 1. The van der Waals surface area contributed by atoms with E-state index in [9.17, 15) is 10.1 Å². The largest absolute Gasteiger partial charge is 0.292 e. The Morgan fingerprint density at radius 2 is 2.17 bits per heavy atom. The summed E-state index contributed by atoms with van der Waals surface area (Å²) in [5, 5.41) is 11.5. The van der Waals surface area contributed by atoms with Crippen molar-refractivity contribution in [2.75, 3.05) is 0 Å². The maximum absolute atomic E-state index is 12.3. The highest BCUT2D eigenvalue weighted by molar-refractivity contribution is 7.10. The number of ketones is 1. The van der Waals surface area contributed by atoms with Crippen molar-refractivity contribution in [1.82, 2.24) is 0 Å². The summed E-state index contributed by atoms with van der Waals surface area (Å²) in [6.07, 6.45) is 0. The first-order valence-corrected chi connectivity index (χ1v) is 6.63. The summed E-state index contributed by atoms with van der Waals surface area (Å²) in [4.78, 5) is 13.1.